The van der Waals surface area contributed by atoms with Crippen LogP contribution in [0.3, 0.4) is 0 Å². The van der Waals surface area contributed by atoms with Crippen LogP contribution in [0.15, 0.2) is 23.3 Å². The minimum atomic E-state index is -0.169. The topological polar surface area (TPSA) is 58.6 Å². The summed E-state index contributed by atoms with van der Waals surface area (Å²) in [5, 5.41) is 0.602. The van der Waals surface area contributed by atoms with Crippen LogP contribution in [-0.4, -0.2) is 15.0 Å². The molecule has 4 heteroatoms. The van der Waals surface area contributed by atoms with E-state index in [0.29, 0.717) is 5.39 Å². The molecule has 0 aliphatic heterocycles. The van der Waals surface area contributed by atoms with Gasteiger partial charge in [-0.25, -0.2) is 0 Å². The van der Waals surface area contributed by atoms with E-state index in [1.165, 1.54) is 0 Å². The quantitative estimate of drug-likeness (QED) is 0.825. The second-order valence-electron chi connectivity index (χ2n) is 3.51. The lowest BCUT2D eigenvalue weighted by molar-refractivity contribution is 0.753. The largest absolute Gasteiger partial charge is 0.342 e. The number of nitrogens with zero attached hydrogens (tertiary/aromatic N) is 2. The molecule has 0 unspecified atom stereocenters. The van der Waals surface area contributed by atoms with E-state index >= 15 is 0 Å². The lowest BCUT2D eigenvalue weighted by Crippen LogP contribution is -2.11. The normalized spacial score (nSPS) is 10.7. The molecule has 0 aromatic carbocycles. The number of hydrogen-bond donors (Lipinski definition) is 1. The van der Waals surface area contributed by atoms with Gasteiger partial charge in [-0.3, -0.25) is 9.78 Å². The number of nitrogens with one attached hydrogen (secondary N) is 1. The smallest absolute Gasteiger partial charge is 0.280 e. The molecule has 0 saturated heterocycles. The van der Waals surface area contributed by atoms with Gasteiger partial charge in [-0.1, -0.05) is 13.3 Å². The number of aryl methyl sites for hydroxylation is 1. The van der Waals surface area contributed by atoms with Crippen LogP contribution in [0, 0.1) is 0 Å². The van der Waals surface area contributed by atoms with Crippen molar-refractivity contribution in [3.63, 3.8) is 0 Å². The van der Waals surface area contributed by atoms with E-state index in [9.17, 15) is 4.79 Å². The van der Waals surface area contributed by atoms with E-state index < -0.39 is 0 Å². The molecule has 1 N–H and O–H groups in total. The van der Waals surface area contributed by atoms with Crippen LogP contribution in [0.25, 0.3) is 10.9 Å². The number of H-pyrrole nitrogens is 1. The fraction of sp³-hybridized carbons (Fsp3) is 0.364. The number of fused-ring (bicyclic) bond motifs is 1. The standard InChI is InChI=1S/C11H13N3O/c1-2-3-4-10-13-9-7-12-6-5-8(9)11(15)14-10/h5-7H,2-4H2,1H3,(H,13,14,15). The molecule has 0 aliphatic rings. The van der Waals surface area contributed by atoms with Gasteiger partial charge in [0.25, 0.3) is 5.56 Å². The Hall–Kier alpha value is -1.71. The Morgan fingerprint density at radius 3 is 3.13 bits per heavy atom. The summed E-state index contributed by atoms with van der Waals surface area (Å²) >= 11 is 0. The molecule has 4 nitrogen and oxygen atoms in total. The van der Waals surface area contributed by atoms with E-state index in [2.05, 4.69) is 21.9 Å². The molecule has 0 aliphatic carbocycles. The Morgan fingerprint density at radius 1 is 1.47 bits per heavy atom. The van der Waals surface area contributed by atoms with Crippen molar-refractivity contribution in [1.29, 1.82) is 0 Å². The molecule has 0 saturated carbocycles. The van der Waals surface area contributed by atoms with Gasteiger partial charge in [-0.15, -0.1) is 0 Å². The zero-order valence-corrected chi connectivity index (χ0v) is 8.66. The maximum absolute atomic E-state index is 11.6. The third kappa shape index (κ3) is 2.03. The summed E-state index contributed by atoms with van der Waals surface area (Å²) in [6, 6.07) is 1.69. The zero-order valence-electron chi connectivity index (χ0n) is 8.66. The molecular formula is C11H13N3O. The Kier molecular flexibility index (Phi) is 2.76. The van der Waals surface area contributed by atoms with Crippen LogP contribution in [0.1, 0.15) is 25.6 Å². The molecule has 2 rings (SSSR count). The number of hydrogen-bond acceptors (Lipinski definition) is 3. The first kappa shape index (κ1) is 9.83. The molecule has 15 heavy (non-hydrogen) atoms. The summed E-state index contributed by atoms with van der Waals surface area (Å²) < 4.78 is 0. The van der Waals surface area contributed by atoms with Crippen molar-refractivity contribution in [3.8, 4) is 0 Å². The number of rotatable bonds is 3. The van der Waals surface area contributed by atoms with Gasteiger partial charge in [-0.2, -0.15) is 4.98 Å². The molecule has 0 fully saturated rings. The van der Waals surface area contributed by atoms with Gasteiger partial charge in [0.15, 0.2) is 0 Å². The Morgan fingerprint density at radius 2 is 2.33 bits per heavy atom. The van der Waals surface area contributed by atoms with Gasteiger partial charge in [0.2, 0.25) is 0 Å². The van der Waals surface area contributed by atoms with Crippen molar-refractivity contribution in [2.45, 2.75) is 26.2 Å². The third-order valence-corrected chi connectivity index (χ3v) is 2.33. The van der Waals surface area contributed by atoms with Crippen LogP contribution in [0.4, 0.5) is 0 Å². The van der Waals surface area contributed by atoms with E-state index in [0.717, 1.165) is 30.6 Å². The molecule has 2 aromatic heterocycles. The molecular weight excluding hydrogens is 190 g/mol. The molecule has 2 aromatic rings. The first-order valence-electron chi connectivity index (χ1n) is 5.14. The lowest BCUT2D eigenvalue weighted by Gasteiger charge is -2.01. The van der Waals surface area contributed by atoms with Crippen molar-refractivity contribution in [1.82, 2.24) is 15.0 Å². The minimum Gasteiger partial charge on any atom is -0.342 e. The van der Waals surface area contributed by atoms with Gasteiger partial charge in [0.05, 0.1) is 17.1 Å². The highest BCUT2D eigenvalue weighted by atomic mass is 16.1. The number of aromatic amines is 1. The molecule has 0 amide bonds. The predicted octanol–water partition coefficient (Wildman–Crippen LogP) is 1.66. The Balaban J connectivity index is 2.48. The molecule has 0 radical (unpaired) electrons. The van der Waals surface area contributed by atoms with Crippen LogP contribution in [0.5, 0.6) is 0 Å². The average molecular weight is 203 g/mol. The van der Waals surface area contributed by atoms with E-state index in [-0.39, 0.29) is 5.56 Å². The average Bonchev–Trinajstić information content (AvgIpc) is 2.26. The van der Waals surface area contributed by atoms with Crippen molar-refractivity contribution in [2.75, 3.05) is 0 Å². The molecule has 0 atom stereocenters. The first-order valence-corrected chi connectivity index (χ1v) is 5.14. The van der Waals surface area contributed by atoms with Crippen LogP contribution >= 0.6 is 0 Å². The Labute approximate surface area is 87.4 Å². The molecule has 2 heterocycles. The second kappa shape index (κ2) is 4.21. The van der Waals surface area contributed by atoms with Crippen LogP contribution in [0.2, 0.25) is 0 Å². The highest BCUT2D eigenvalue weighted by Gasteiger charge is 2.02. The zero-order chi connectivity index (χ0) is 10.7. The van der Waals surface area contributed by atoms with E-state index in [1.54, 1.807) is 18.5 Å². The van der Waals surface area contributed by atoms with Gasteiger partial charge >= 0.3 is 0 Å². The highest BCUT2D eigenvalue weighted by Crippen LogP contribution is 2.05. The third-order valence-electron chi connectivity index (χ3n) is 2.33. The van der Waals surface area contributed by atoms with E-state index in [4.69, 9.17) is 0 Å². The van der Waals surface area contributed by atoms with Crippen molar-refractivity contribution < 1.29 is 0 Å². The SMILES string of the molecule is CCCCc1nc(=O)c2ccncc2[nH]1. The second-order valence-corrected chi connectivity index (χ2v) is 3.51. The number of unbranched alkanes of at least 4 members (excludes halogenated alkanes) is 1. The maximum Gasteiger partial charge on any atom is 0.280 e. The fourth-order valence-corrected chi connectivity index (χ4v) is 1.51. The molecule has 0 bridgehead atoms. The number of pyridine rings is 1. The van der Waals surface area contributed by atoms with Crippen LogP contribution < -0.4 is 5.56 Å². The van der Waals surface area contributed by atoms with Gasteiger partial charge in [0.1, 0.15) is 5.82 Å². The predicted molar refractivity (Wildman–Crippen MR) is 58.8 cm³/mol. The van der Waals surface area contributed by atoms with E-state index in [1.807, 2.05) is 0 Å². The summed E-state index contributed by atoms with van der Waals surface area (Å²) in [7, 11) is 0. The highest BCUT2D eigenvalue weighted by molar-refractivity contribution is 5.75. The summed E-state index contributed by atoms with van der Waals surface area (Å²) in [6.07, 6.45) is 6.21. The van der Waals surface area contributed by atoms with Crippen molar-refractivity contribution in [3.05, 3.63) is 34.6 Å². The summed E-state index contributed by atoms with van der Waals surface area (Å²) in [4.78, 5) is 22.7. The Bertz CT molecular complexity index is 518. The fourth-order valence-electron chi connectivity index (χ4n) is 1.51. The summed E-state index contributed by atoms with van der Waals surface area (Å²) in [6.45, 7) is 2.11. The van der Waals surface area contributed by atoms with Gasteiger partial charge in [-0.05, 0) is 12.5 Å². The lowest BCUT2D eigenvalue weighted by atomic mass is 10.2. The van der Waals surface area contributed by atoms with Gasteiger partial charge < -0.3 is 4.98 Å². The summed E-state index contributed by atoms with van der Waals surface area (Å²) in [5.41, 5.74) is 0.598. The first-order chi connectivity index (χ1) is 7.31. The monoisotopic (exact) mass is 203 g/mol. The van der Waals surface area contributed by atoms with Crippen molar-refractivity contribution in [2.24, 2.45) is 0 Å². The molecule has 78 valence electrons. The number of aromatic nitrogens is 3. The summed E-state index contributed by atoms with van der Waals surface area (Å²) in [5.74, 6) is 0.752. The van der Waals surface area contributed by atoms with Crippen LogP contribution in [-0.2, 0) is 6.42 Å². The maximum atomic E-state index is 11.6. The van der Waals surface area contributed by atoms with Crippen molar-refractivity contribution >= 4 is 10.9 Å². The van der Waals surface area contributed by atoms with Gasteiger partial charge in [0, 0.05) is 12.6 Å². The molecule has 0 spiro atoms. The minimum absolute atomic E-state index is 0.169.